The van der Waals surface area contributed by atoms with Crippen LogP contribution in [0.3, 0.4) is 0 Å². The number of nitrogens with one attached hydrogen (secondary N) is 1. The zero-order chi connectivity index (χ0) is 29.5. The van der Waals surface area contributed by atoms with Gasteiger partial charge in [-0.15, -0.1) is 0 Å². The van der Waals surface area contributed by atoms with Gasteiger partial charge >= 0.3 is 5.97 Å². The van der Waals surface area contributed by atoms with Gasteiger partial charge < -0.3 is 15.3 Å². The van der Waals surface area contributed by atoms with Crippen molar-refractivity contribution in [1.82, 2.24) is 15.2 Å². The van der Waals surface area contributed by atoms with E-state index in [-0.39, 0.29) is 22.4 Å². The molecule has 1 aliphatic heterocycles. The standard InChI is InChI=1S/C33H32N4O5/c38-31(30-29(22-25(23-35-30)32(39)40)24-12-14-28(15-13-24)37(41)42)34-18-7-19-36-20-16-33(17-21-36,26-8-3-1-4-9-26)27-10-5-2-6-11-27/h1-6,8-15,22-23H,7,16-21H2,(H,34,38)(H,39,40). The molecule has 0 radical (unpaired) electrons. The highest BCUT2D eigenvalue weighted by atomic mass is 16.6. The Morgan fingerprint density at radius 3 is 2.07 bits per heavy atom. The van der Waals surface area contributed by atoms with Crippen LogP contribution in [-0.4, -0.2) is 58.0 Å². The van der Waals surface area contributed by atoms with Crippen LogP contribution in [0.1, 0.15) is 51.2 Å². The van der Waals surface area contributed by atoms with E-state index in [0.29, 0.717) is 17.7 Å². The maximum atomic E-state index is 13.1. The van der Waals surface area contributed by atoms with Gasteiger partial charge in [0.05, 0.1) is 10.5 Å². The second kappa shape index (κ2) is 12.7. The minimum atomic E-state index is -1.18. The van der Waals surface area contributed by atoms with Crippen LogP contribution in [0.4, 0.5) is 5.69 Å². The minimum absolute atomic E-state index is 0.0186. The molecule has 2 heterocycles. The molecule has 0 spiro atoms. The Bertz CT molecular complexity index is 1510. The molecule has 1 fully saturated rings. The number of carboxylic acid groups (broad SMARTS) is 1. The Balaban J connectivity index is 1.21. The summed E-state index contributed by atoms with van der Waals surface area (Å²) in [6.07, 6.45) is 3.90. The second-order valence-corrected chi connectivity index (χ2v) is 10.5. The van der Waals surface area contributed by atoms with Gasteiger partial charge in [0.2, 0.25) is 0 Å². The summed E-state index contributed by atoms with van der Waals surface area (Å²) in [4.78, 5) is 41.7. The summed E-state index contributed by atoms with van der Waals surface area (Å²) in [6, 6.07) is 28.4. The number of hydrogen-bond acceptors (Lipinski definition) is 6. The third kappa shape index (κ3) is 6.21. The first-order valence-electron chi connectivity index (χ1n) is 14.0. The zero-order valence-corrected chi connectivity index (χ0v) is 23.1. The smallest absolute Gasteiger partial charge is 0.337 e. The molecule has 0 saturated carbocycles. The molecule has 42 heavy (non-hydrogen) atoms. The van der Waals surface area contributed by atoms with E-state index in [9.17, 15) is 24.8 Å². The number of piperidine rings is 1. The number of aromatic nitrogens is 1. The van der Waals surface area contributed by atoms with Gasteiger partial charge in [0.15, 0.2) is 0 Å². The van der Waals surface area contributed by atoms with E-state index >= 15 is 0 Å². The van der Waals surface area contributed by atoms with E-state index < -0.39 is 16.8 Å². The number of benzene rings is 3. The van der Waals surface area contributed by atoms with Crippen molar-refractivity contribution in [2.45, 2.75) is 24.7 Å². The quantitative estimate of drug-likeness (QED) is 0.147. The highest BCUT2D eigenvalue weighted by Gasteiger charge is 2.37. The number of likely N-dealkylation sites (tertiary alicyclic amines) is 1. The number of non-ortho nitro benzene ring substituents is 1. The number of nitro groups is 1. The summed E-state index contributed by atoms with van der Waals surface area (Å²) < 4.78 is 0. The van der Waals surface area contributed by atoms with Gasteiger partial charge in [0.1, 0.15) is 5.69 Å². The SMILES string of the molecule is O=C(O)c1cnc(C(=O)NCCCN2CCC(c3ccccc3)(c3ccccc3)CC2)c(-c2ccc([N+](=O)[O-])cc2)c1. The van der Waals surface area contributed by atoms with E-state index in [0.717, 1.165) is 45.1 Å². The third-order valence-electron chi connectivity index (χ3n) is 8.04. The largest absolute Gasteiger partial charge is 0.478 e. The average Bonchev–Trinajstić information content (AvgIpc) is 3.04. The molecule has 9 heteroatoms. The average molecular weight is 565 g/mol. The fourth-order valence-corrected chi connectivity index (χ4v) is 5.75. The molecule has 3 aromatic carbocycles. The van der Waals surface area contributed by atoms with Gasteiger partial charge in [0, 0.05) is 35.9 Å². The van der Waals surface area contributed by atoms with Crippen molar-refractivity contribution in [3.63, 3.8) is 0 Å². The van der Waals surface area contributed by atoms with Crippen LogP contribution in [0.25, 0.3) is 11.1 Å². The lowest BCUT2D eigenvalue weighted by molar-refractivity contribution is -0.384. The molecule has 0 unspecified atom stereocenters. The number of carbonyl (C=O) groups excluding carboxylic acids is 1. The minimum Gasteiger partial charge on any atom is -0.478 e. The van der Waals surface area contributed by atoms with Crippen molar-refractivity contribution < 1.29 is 19.6 Å². The van der Waals surface area contributed by atoms with Crippen LogP contribution in [0.2, 0.25) is 0 Å². The van der Waals surface area contributed by atoms with Crippen molar-refractivity contribution in [3.8, 4) is 11.1 Å². The first-order chi connectivity index (χ1) is 20.4. The van der Waals surface area contributed by atoms with Gasteiger partial charge in [-0.25, -0.2) is 9.78 Å². The number of amides is 1. The Labute approximate surface area is 244 Å². The van der Waals surface area contributed by atoms with Gasteiger partial charge in [-0.05, 0) is 73.8 Å². The van der Waals surface area contributed by atoms with E-state index in [1.165, 1.54) is 41.5 Å². The highest BCUT2D eigenvalue weighted by molar-refractivity contribution is 6.00. The Morgan fingerprint density at radius 2 is 1.52 bits per heavy atom. The molecular formula is C33H32N4O5. The molecule has 5 rings (SSSR count). The van der Waals surface area contributed by atoms with Crippen molar-refractivity contribution >= 4 is 17.6 Å². The first-order valence-corrected chi connectivity index (χ1v) is 14.0. The molecule has 1 saturated heterocycles. The van der Waals surface area contributed by atoms with E-state index in [1.807, 2.05) is 0 Å². The van der Waals surface area contributed by atoms with Crippen LogP contribution >= 0.6 is 0 Å². The monoisotopic (exact) mass is 564 g/mol. The molecule has 0 aliphatic carbocycles. The molecule has 9 nitrogen and oxygen atoms in total. The molecule has 4 aromatic rings. The molecular weight excluding hydrogens is 532 g/mol. The first kappa shape index (κ1) is 28.6. The lowest BCUT2D eigenvalue weighted by atomic mass is 9.68. The Morgan fingerprint density at radius 1 is 0.929 bits per heavy atom. The second-order valence-electron chi connectivity index (χ2n) is 10.5. The van der Waals surface area contributed by atoms with Gasteiger partial charge in [-0.3, -0.25) is 14.9 Å². The highest BCUT2D eigenvalue weighted by Crippen LogP contribution is 2.41. The molecule has 1 aromatic heterocycles. The summed E-state index contributed by atoms with van der Waals surface area (Å²) in [5, 5.41) is 23.4. The van der Waals surface area contributed by atoms with E-state index in [1.54, 1.807) is 0 Å². The molecule has 0 atom stereocenters. The fourth-order valence-electron chi connectivity index (χ4n) is 5.75. The normalized spacial score (nSPS) is 14.7. The summed E-state index contributed by atoms with van der Waals surface area (Å²) in [5.74, 6) is -1.60. The summed E-state index contributed by atoms with van der Waals surface area (Å²) in [5.41, 5.74) is 3.33. The summed E-state index contributed by atoms with van der Waals surface area (Å²) in [6.45, 7) is 3.15. The Hall–Kier alpha value is -4.89. The molecule has 2 N–H and O–H groups in total. The summed E-state index contributed by atoms with van der Waals surface area (Å²) in [7, 11) is 0. The number of hydrogen-bond donors (Lipinski definition) is 2. The lowest BCUT2D eigenvalue weighted by Crippen LogP contribution is -2.44. The van der Waals surface area contributed by atoms with E-state index in [2.05, 4.69) is 75.9 Å². The van der Waals surface area contributed by atoms with Gasteiger partial charge in [-0.2, -0.15) is 0 Å². The van der Waals surface area contributed by atoms with Crippen LogP contribution in [0.15, 0.2) is 97.2 Å². The number of carboxylic acids is 1. The van der Waals surface area contributed by atoms with Crippen molar-refractivity contribution in [2.75, 3.05) is 26.2 Å². The number of rotatable bonds is 10. The van der Waals surface area contributed by atoms with Crippen LogP contribution in [0, 0.1) is 10.1 Å². The number of carbonyl (C=O) groups is 2. The number of nitrogens with zero attached hydrogens (tertiary/aromatic N) is 3. The molecule has 1 amide bonds. The zero-order valence-electron chi connectivity index (χ0n) is 23.1. The fraction of sp³-hybridized carbons (Fsp3) is 0.242. The topological polar surface area (TPSA) is 126 Å². The van der Waals surface area contributed by atoms with Gasteiger partial charge in [-0.1, -0.05) is 60.7 Å². The number of nitro benzene ring substituents is 1. The number of pyridine rings is 1. The molecule has 0 bridgehead atoms. The Kier molecular flexibility index (Phi) is 8.68. The van der Waals surface area contributed by atoms with Crippen LogP contribution in [0.5, 0.6) is 0 Å². The van der Waals surface area contributed by atoms with Crippen LogP contribution < -0.4 is 5.32 Å². The predicted molar refractivity (Wildman–Crippen MR) is 160 cm³/mol. The van der Waals surface area contributed by atoms with E-state index in [4.69, 9.17) is 0 Å². The third-order valence-corrected chi connectivity index (χ3v) is 8.04. The van der Waals surface area contributed by atoms with Crippen molar-refractivity contribution in [1.29, 1.82) is 0 Å². The lowest BCUT2D eigenvalue weighted by Gasteiger charge is -2.43. The molecule has 1 aliphatic rings. The molecule has 214 valence electrons. The number of aromatic carboxylic acids is 1. The predicted octanol–water partition coefficient (Wildman–Crippen LogP) is 5.56. The van der Waals surface area contributed by atoms with Crippen molar-refractivity contribution in [3.05, 3.63) is 130 Å². The van der Waals surface area contributed by atoms with Crippen LogP contribution in [-0.2, 0) is 5.41 Å². The maximum absolute atomic E-state index is 13.1. The summed E-state index contributed by atoms with van der Waals surface area (Å²) >= 11 is 0. The maximum Gasteiger partial charge on any atom is 0.337 e. The van der Waals surface area contributed by atoms with Crippen molar-refractivity contribution in [2.24, 2.45) is 0 Å². The van der Waals surface area contributed by atoms with Gasteiger partial charge in [0.25, 0.3) is 11.6 Å².